The van der Waals surface area contributed by atoms with Crippen LogP contribution in [0.2, 0.25) is 0 Å². The number of carboxylic acid groups (broad SMARTS) is 1. The molecule has 0 spiro atoms. The average molecular weight is 276 g/mol. The van der Waals surface area contributed by atoms with Gasteiger partial charge >= 0.3 is 5.97 Å². The summed E-state index contributed by atoms with van der Waals surface area (Å²) in [6.07, 6.45) is 0.320. The van der Waals surface area contributed by atoms with Crippen LogP contribution in [-0.2, 0) is 14.4 Å². The number of rotatable bonds is 4. The van der Waals surface area contributed by atoms with Crippen LogP contribution in [0.15, 0.2) is 24.3 Å². The van der Waals surface area contributed by atoms with Gasteiger partial charge in [-0.3, -0.25) is 9.59 Å². The molecule has 3 N–H and O–H groups in total. The maximum Gasteiger partial charge on any atom is 0.326 e. The van der Waals surface area contributed by atoms with Crippen molar-refractivity contribution in [3.63, 3.8) is 0 Å². The number of anilines is 1. The number of nitrogens with one attached hydrogen (secondary N) is 2. The lowest BCUT2D eigenvalue weighted by atomic mass is 9.89. The molecular formula is C14H16N2O4. The van der Waals surface area contributed by atoms with Crippen LogP contribution in [0.1, 0.15) is 31.2 Å². The van der Waals surface area contributed by atoms with Crippen molar-refractivity contribution in [2.75, 3.05) is 5.32 Å². The number of carbonyl (C=O) groups excluding carboxylic acids is 2. The van der Waals surface area contributed by atoms with E-state index in [1.807, 2.05) is 0 Å². The van der Waals surface area contributed by atoms with Gasteiger partial charge in [0.1, 0.15) is 6.04 Å². The molecule has 0 aliphatic carbocycles. The highest BCUT2D eigenvalue weighted by molar-refractivity contribution is 6.01. The Balaban J connectivity index is 2.22. The van der Waals surface area contributed by atoms with Crippen molar-refractivity contribution >= 4 is 23.5 Å². The third kappa shape index (κ3) is 2.79. The molecular weight excluding hydrogens is 260 g/mol. The van der Waals surface area contributed by atoms with Gasteiger partial charge in [-0.2, -0.15) is 0 Å². The lowest BCUT2D eigenvalue weighted by Gasteiger charge is -2.25. The van der Waals surface area contributed by atoms with Crippen LogP contribution in [0.3, 0.4) is 0 Å². The highest BCUT2D eigenvalue weighted by atomic mass is 16.4. The summed E-state index contributed by atoms with van der Waals surface area (Å²) in [5.41, 5.74) is 1.32. The quantitative estimate of drug-likeness (QED) is 0.767. The lowest BCUT2D eigenvalue weighted by Crippen LogP contribution is -2.44. The zero-order valence-electron chi connectivity index (χ0n) is 11.1. The second-order valence-corrected chi connectivity index (χ2v) is 4.70. The minimum Gasteiger partial charge on any atom is -0.480 e. The maximum atomic E-state index is 12.2. The van der Waals surface area contributed by atoms with Crippen molar-refractivity contribution < 1.29 is 19.5 Å². The predicted octanol–water partition coefficient (Wildman–Crippen LogP) is 1.09. The molecule has 1 heterocycles. The Morgan fingerprint density at radius 2 is 2.15 bits per heavy atom. The first-order valence-corrected chi connectivity index (χ1v) is 6.45. The van der Waals surface area contributed by atoms with Gasteiger partial charge in [-0.05, 0) is 18.1 Å². The monoisotopic (exact) mass is 276 g/mol. The van der Waals surface area contributed by atoms with Crippen LogP contribution >= 0.6 is 0 Å². The lowest BCUT2D eigenvalue weighted by molar-refractivity contribution is -0.142. The van der Waals surface area contributed by atoms with Crippen LogP contribution in [0.5, 0.6) is 0 Å². The molecule has 1 aliphatic rings. The van der Waals surface area contributed by atoms with E-state index in [0.29, 0.717) is 17.7 Å². The van der Waals surface area contributed by atoms with E-state index in [9.17, 15) is 14.4 Å². The van der Waals surface area contributed by atoms with E-state index in [0.717, 1.165) is 0 Å². The van der Waals surface area contributed by atoms with Crippen LogP contribution in [0, 0.1) is 0 Å². The average Bonchev–Trinajstić information content (AvgIpc) is 2.43. The molecule has 6 heteroatoms. The van der Waals surface area contributed by atoms with Crippen LogP contribution < -0.4 is 10.6 Å². The molecule has 106 valence electrons. The van der Waals surface area contributed by atoms with Crippen molar-refractivity contribution in [1.29, 1.82) is 0 Å². The number of benzene rings is 1. The van der Waals surface area contributed by atoms with E-state index in [-0.39, 0.29) is 12.3 Å². The topological polar surface area (TPSA) is 95.5 Å². The van der Waals surface area contributed by atoms with E-state index in [2.05, 4.69) is 10.6 Å². The molecule has 0 radical (unpaired) electrons. The smallest absolute Gasteiger partial charge is 0.326 e. The Kier molecular flexibility index (Phi) is 4.02. The fourth-order valence-corrected chi connectivity index (χ4v) is 2.26. The van der Waals surface area contributed by atoms with E-state index >= 15 is 0 Å². The van der Waals surface area contributed by atoms with Gasteiger partial charge < -0.3 is 15.7 Å². The van der Waals surface area contributed by atoms with Crippen LogP contribution in [0.4, 0.5) is 5.69 Å². The SMILES string of the molecule is CC[C@@H](NC(=O)[C@@H]1CC(=O)Nc2ccccc21)C(=O)O. The summed E-state index contributed by atoms with van der Waals surface area (Å²) in [4.78, 5) is 34.8. The molecule has 0 unspecified atom stereocenters. The molecule has 20 heavy (non-hydrogen) atoms. The molecule has 6 nitrogen and oxygen atoms in total. The second kappa shape index (κ2) is 5.73. The van der Waals surface area contributed by atoms with Crippen molar-refractivity contribution in [2.45, 2.75) is 31.7 Å². The molecule has 0 aromatic heterocycles. The largest absolute Gasteiger partial charge is 0.480 e. The first kappa shape index (κ1) is 14.0. The highest BCUT2D eigenvalue weighted by Crippen LogP contribution is 2.32. The summed E-state index contributed by atoms with van der Waals surface area (Å²) in [5, 5.41) is 14.2. The fraction of sp³-hybridized carbons (Fsp3) is 0.357. The number of carboxylic acids is 1. The summed E-state index contributed by atoms with van der Waals surface area (Å²) in [6, 6.07) is 6.11. The normalized spacial score (nSPS) is 18.6. The van der Waals surface area contributed by atoms with E-state index < -0.39 is 23.8 Å². The maximum absolute atomic E-state index is 12.2. The molecule has 1 aliphatic heterocycles. The summed E-state index contributed by atoms with van der Waals surface area (Å²) in [6.45, 7) is 1.68. The number of hydrogen-bond donors (Lipinski definition) is 3. The summed E-state index contributed by atoms with van der Waals surface area (Å²) in [7, 11) is 0. The van der Waals surface area contributed by atoms with Crippen LogP contribution in [-0.4, -0.2) is 28.9 Å². The Morgan fingerprint density at radius 3 is 2.80 bits per heavy atom. The van der Waals surface area contributed by atoms with Gasteiger partial charge in [-0.25, -0.2) is 4.79 Å². The first-order chi connectivity index (χ1) is 9.52. The first-order valence-electron chi connectivity index (χ1n) is 6.45. The standard InChI is InChI=1S/C14H16N2O4/c1-2-10(14(19)20)16-13(18)9-7-12(17)15-11-6-4-3-5-8(9)11/h3-6,9-10H,2,7H2,1H3,(H,15,17)(H,16,18)(H,19,20)/t9-,10-/m1/s1. The van der Waals surface area contributed by atoms with Crippen molar-refractivity contribution in [1.82, 2.24) is 5.32 Å². The zero-order valence-corrected chi connectivity index (χ0v) is 11.1. The van der Waals surface area contributed by atoms with Gasteiger partial charge in [0.25, 0.3) is 0 Å². The van der Waals surface area contributed by atoms with Gasteiger partial charge in [-0.1, -0.05) is 25.1 Å². The van der Waals surface area contributed by atoms with Gasteiger partial charge in [0.2, 0.25) is 11.8 Å². The Morgan fingerprint density at radius 1 is 1.45 bits per heavy atom. The summed E-state index contributed by atoms with van der Waals surface area (Å²) in [5.74, 6) is -2.39. The van der Waals surface area contributed by atoms with Gasteiger partial charge in [0.15, 0.2) is 0 Å². The van der Waals surface area contributed by atoms with Gasteiger partial charge in [0, 0.05) is 12.1 Å². The number of amides is 2. The summed E-state index contributed by atoms with van der Waals surface area (Å²) >= 11 is 0. The third-order valence-corrected chi connectivity index (χ3v) is 3.34. The molecule has 0 saturated carbocycles. The Bertz CT molecular complexity index is 556. The number of fused-ring (bicyclic) bond motifs is 1. The number of carbonyl (C=O) groups is 3. The minimum atomic E-state index is -1.07. The predicted molar refractivity (Wildman–Crippen MR) is 72.3 cm³/mol. The summed E-state index contributed by atoms with van der Waals surface area (Å²) < 4.78 is 0. The zero-order chi connectivity index (χ0) is 14.7. The molecule has 2 rings (SSSR count). The van der Waals surface area contributed by atoms with Gasteiger partial charge in [-0.15, -0.1) is 0 Å². The van der Waals surface area contributed by atoms with Gasteiger partial charge in [0.05, 0.1) is 5.92 Å². The van der Waals surface area contributed by atoms with Crippen molar-refractivity contribution in [2.24, 2.45) is 0 Å². The Labute approximate surface area is 116 Å². The number of aliphatic carboxylic acids is 1. The van der Waals surface area contributed by atoms with E-state index in [4.69, 9.17) is 5.11 Å². The molecule has 1 aromatic carbocycles. The Hall–Kier alpha value is -2.37. The van der Waals surface area contributed by atoms with E-state index in [1.54, 1.807) is 31.2 Å². The van der Waals surface area contributed by atoms with Crippen LogP contribution in [0.25, 0.3) is 0 Å². The fourth-order valence-electron chi connectivity index (χ4n) is 2.26. The molecule has 1 aromatic rings. The number of para-hydroxylation sites is 1. The molecule has 0 bridgehead atoms. The van der Waals surface area contributed by atoms with Crippen molar-refractivity contribution in [3.8, 4) is 0 Å². The molecule has 2 atom stereocenters. The van der Waals surface area contributed by atoms with E-state index in [1.165, 1.54) is 0 Å². The third-order valence-electron chi connectivity index (χ3n) is 3.34. The van der Waals surface area contributed by atoms with Crippen molar-refractivity contribution in [3.05, 3.63) is 29.8 Å². The molecule has 0 saturated heterocycles. The second-order valence-electron chi connectivity index (χ2n) is 4.70. The minimum absolute atomic E-state index is 0.0267. The number of hydrogen-bond acceptors (Lipinski definition) is 3. The molecule has 0 fully saturated rings. The molecule has 2 amide bonds. The highest BCUT2D eigenvalue weighted by Gasteiger charge is 2.32.